The molecule has 100 valence electrons. The maximum Gasteiger partial charge on any atom is 0.224 e. The molecule has 18 heavy (non-hydrogen) atoms. The highest BCUT2D eigenvalue weighted by atomic mass is 35.5. The Morgan fingerprint density at radius 1 is 1.33 bits per heavy atom. The van der Waals surface area contributed by atoms with Crippen molar-refractivity contribution >= 4 is 17.4 Å². The average molecular weight is 270 g/mol. The molecule has 0 spiro atoms. The molecule has 1 aromatic heterocycles. The molecule has 1 aromatic rings. The zero-order valence-electron chi connectivity index (χ0n) is 10.8. The molecular formula is C13H20ClN3O. The molecule has 1 N–H and O–H groups in total. The number of rotatable bonds is 4. The molecule has 0 bridgehead atoms. The van der Waals surface area contributed by atoms with Crippen LogP contribution in [0.4, 0.5) is 5.82 Å². The predicted molar refractivity (Wildman–Crippen MR) is 73.1 cm³/mol. The minimum Gasteiger partial charge on any atom is -0.395 e. The van der Waals surface area contributed by atoms with Crippen molar-refractivity contribution < 1.29 is 5.11 Å². The quantitative estimate of drug-likeness (QED) is 0.854. The van der Waals surface area contributed by atoms with Gasteiger partial charge in [-0.25, -0.2) is 9.97 Å². The lowest BCUT2D eigenvalue weighted by molar-refractivity contribution is 0.289. The normalized spacial score (nSPS) is 16.8. The van der Waals surface area contributed by atoms with Gasteiger partial charge in [-0.2, -0.15) is 0 Å². The summed E-state index contributed by atoms with van der Waals surface area (Å²) in [6, 6.07) is 2.41. The minimum atomic E-state index is 0.136. The first-order valence-corrected chi connectivity index (χ1v) is 6.97. The van der Waals surface area contributed by atoms with Gasteiger partial charge >= 0.3 is 0 Å². The van der Waals surface area contributed by atoms with E-state index in [2.05, 4.69) is 14.9 Å². The Labute approximate surface area is 113 Å². The van der Waals surface area contributed by atoms with Gasteiger partial charge in [-0.15, -0.1) is 0 Å². The van der Waals surface area contributed by atoms with E-state index in [1.807, 2.05) is 13.0 Å². The van der Waals surface area contributed by atoms with Gasteiger partial charge in [-0.1, -0.05) is 19.3 Å². The van der Waals surface area contributed by atoms with Gasteiger partial charge in [0.05, 0.1) is 6.61 Å². The zero-order valence-corrected chi connectivity index (χ0v) is 11.5. The van der Waals surface area contributed by atoms with Crippen LogP contribution >= 0.6 is 11.6 Å². The van der Waals surface area contributed by atoms with Crippen LogP contribution in [0.1, 0.15) is 37.8 Å². The molecule has 0 unspecified atom stereocenters. The smallest absolute Gasteiger partial charge is 0.224 e. The van der Waals surface area contributed by atoms with Crippen LogP contribution in [-0.4, -0.2) is 34.3 Å². The zero-order chi connectivity index (χ0) is 13.0. The number of hydrogen-bond donors (Lipinski definition) is 1. The molecule has 0 amide bonds. The van der Waals surface area contributed by atoms with Crippen molar-refractivity contribution in [2.45, 2.75) is 45.1 Å². The standard InChI is InChI=1S/C13H20ClN3O/c1-10-9-12(16-13(14)15-10)17(7-8-18)11-5-3-2-4-6-11/h9,11,18H,2-8H2,1H3. The Kier molecular flexibility index (Phi) is 4.78. The molecule has 1 aliphatic rings. The Bertz CT molecular complexity index is 374. The molecule has 5 heteroatoms. The van der Waals surface area contributed by atoms with Crippen molar-refractivity contribution in [3.05, 3.63) is 17.0 Å². The van der Waals surface area contributed by atoms with Crippen LogP contribution in [0.2, 0.25) is 5.28 Å². The number of aliphatic hydroxyl groups is 1. The van der Waals surface area contributed by atoms with E-state index in [9.17, 15) is 5.11 Å². The van der Waals surface area contributed by atoms with Crippen LogP contribution in [0.3, 0.4) is 0 Å². The molecule has 0 aromatic carbocycles. The number of anilines is 1. The van der Waals surface area contributed by atoms with Gasteiger partial charge in [0.1, 0.15) is 5.82 Å². The second-order valence-electron chi connectivity index (χ2n) is 4.85. The summed E-state index contributed by atoms with van der Waals surface area (Å²) in [5.41, 5.74) is 0.865. The third kappa shape index (κ3) is 3.33. The Hall–Kier alpha value is -0.870. The van der Waals surface area contributed by atoms with E-state index in [0.29, 0.717) is 12.6 Å². The van der Waals surface area contributed by atoms with Gasteiger partial charge in [-0.3, -0.25) is 0 Å². The topological polar surface area (TPSA) is 49.2 Å². The van der Waals surface area contributed by atoms with E-state index in [1.54, 1.807) is 0 Å². The fourth-order valence-corrected chi connectivity index (χ4v) is 2.87. The van der Waals surface area contributed by atoms with E-state index >= 15 is 0 Å². The van der Waals surface area contributed by atoms with Crippen LogP contribution in [0.15, 0.2) is 6.07 Å². The van der Waals surface area contributed by atoms with Crippen LogP contribution in [-0.2, 0) is 0 Å². The number of aromatic nitrogens is 2. The Balaban J connectivity index is 2.22. The number of aryl methyl sites for hydroxylation is 1. The van der Waals surface area contributed by atoms with Crippen molar-refractivity contribution in [1.29, 1.82) is 0 Å². The first-order valence-electron chi connectivity index (χ1n) is 6.59. The number of halogens is 1. The van der Waals surface area contributed by atoms with E-state index in [4.69, 9.17) is 11.6 Å². The first kappa shape index (κ1) is 13.6. The summed E-state index contributed by atoms with van der Waals surface area (Å²) in [4.78, 5) is 10.6. The highest BCUT2D eigenvalue weighted by Crippen LogP contribution is 2.26. The fourth-order valence-electron chi connectivity index (χ4n) is 2.65. The highest BCUT2D eigenvalue weighted by Gasteiger charge is 2.22. The maximum atomic E-state index is 9.25. The second-order valence-corrected chi connectivity index (χ2v) is 5.18. The van der Waals surface area contributed by atoms with Crippen molar-refractivity contribution in [2.24, 2.45) is 0 Å². The Morgan fingerprint density at radius 2 is 2.06 bits per heavy atom. The number of hydrogen-bond acceptors (Lipinski definition) is 4. The molecule has 0 saturated heterocycles. The molecule has 0 radical (unpaired) electrons. The monoisotopic (exact) mass is 269 g/mol. The Morgan fingerprint density at radius 3 is 2.67 bits per heavy atom. The molecule has 2 rings (SSSR count). The second kappa shape index (κ2) is 6.34. The molecule has 1 saturated carbocycles. The molecular weight excluding hydrogens is 250 g/mol. The largest absolute Gasteiger partial charge is 0.395 e. The van der Waals surface area contributed by atoms with E-state index < -0.39 is 0 Å². The van der Waals surface area contributed by atoms with Crippen LogP contribution in [0.25, 0.3) is 0 Å². The molecule has 0 aliphatic heterocycles. The van der Waals surface area contributed by atoms with Gasteiger partial charge in [0.25, 0.3) is 0 Å². The fraction of sp³-hybridized carbons (Fsp3) is 0.692. The van der Waals surface area contributed by atoms with Crippen molar-refractivity contribution in [2.75, 3.05) is 18.1 Å². The molecule has 1 fully saturated rings. The van der Waals surface area contributed by atoms with Gasteiger partial charge in [-0.05, 0) is 31.4 Å². The van der Waals surface area contributed by atoms with Crippen molar-refractivity contribution in [3.63, 3.8) is 0 Å². The first-order chi connectivity index (χ1) is 8.70. The minimum absolute atomic E-state index is 0.136. The SMILES string of the molecule is Cc1cc(N(CCO)C2CCCCC2)nc(Cl)n1. The number of nitrogens with zero attached hydrogens (tertiary/aromatic N) is 3. The number of aliphatic hydroxyl groups excluding tert-OH is 1. The summed E-state index contributed by atoms with van der Waals surface area (Å²) < 4.78 is 0. The predicted octanol–water partition coefficient (Wildman–Crippen LogP) is 2.57. The molecule has 4 nitrogen and oxygen atoms in total. The van der Waals surface area contributed by atoms with Gasteiger partial charge in [0.15, 0.2) is 0 Å². The highest BCUT2D eigenvalue weighted by molar-refractivity contribution is 6.28. The molecule has 0 atom stereocenters. The summed E-state index contributed by atoms with van der Waals surface area (Å²) in [5.74, 6) is 0.841. The molecule has 1 aliphatic carbocycles. The van der Waals surface area contributed by atoms with E-state index in [-0.39, 0.29) is 11.9 Å². The van der Waals surface area contributed by atoms with Crippen LogP contribution in [0.5, 0.6) is 0 Å². The average Bonchev–Trinajstić information content (AvgIpc) is 2.36. The van der Waals surface area contributed by atoms with Gasteiger partial charge in [0.2, 0.25) is 5.28 Å². The third-order valence-corrected chi connectivity index (χ3v) is 3.63. The van der Waals surface area contributed by atoms with E-state index in [1.165, 1.54) is 32.1 Å². The van der Waals surface area contributed by atoms with Crippen molar-refractivity contribution in [3.8, 4) is 0 Å². The van der Waals surface area contributed by atoms with Crippen LogP contribution < -0.4 is 4.90 Å². The maximum absolute atomic E-state index is 9.25. The lowest BCUT2D eigenvalue weighted by Gasteiger charge is -2.35. The molecule has 1 heterocycles. The summed E-state index contributed by atoms with van der Waals surface area (Å²) in [5, 5.41) is 9.53. The summed E-state index contributed by atoms with van der Waals surface area (Å²) in [6.45, 7) is 2.66. The van der Waals surface area contributed by atoms with Crippen molar-refractivity contribution in [1.82, 2.24) is 9.97 Å². The van der Waals surface area contributed by atoms with Gasteiger partial charge < -0.3 is 10.0 Å². The summed E-state index contributed by atoms with van der Waals surface area (Å²) in [6.07, 6.45) is 6.16. The summed E-state index contributed by atoms with van der Waals surface area (Å²) in [7, 11) is 0. The van der Waals surface area contributed by atoms with Crippen LogP contribution in [0, 0.1) is 6.92 Å². The van der Waals surface area contributed by atoms with Gasteiger partial charge in [0, 0.05) is 24.3 Å². The lowest BCUT2D eigenvalue weighted by Crippen LogP contribution is -2.39. The third-order valence-electron chi connectivity index (χ3n) is 3.46. The van der Waals surface area contributed by atoms with E-state index in [0.717, 1.165) is 11.5 Å². The summed E-state index contributed by atoms with van der Waals surface area (Å²) >= 11 is 5.92. The lowest BCUT2D eigenvalue weighted by atomic mass is 9.94.